The molecule has 12 aliphatic carbocycles. The summed E-state index contributed by atoms with van der Waals surface area (Å²) < 4.78 is 10.6. The summed E-state index contributed by atoms with van der Waals surface area (Å²) in [6, 6.07) is 1.19. The third kappa shape index (κ3) is 78.9. The van der Waals surface area contributed by atoms with Crippen LogP contribution in [0.25, 0.3) is 0 Å². The molecule has 125 heavy (non-hydrogen) atoms. The van der Waals surface area contributed by atoms with Gasteiger partial charge in [-0.1, -0.05) is 178 Å². The SMILES string of the molecule is C1=C/CCCCCC/1.NC1C/C=C/CCCC1.NC1CC/C=C/C(O)CC1.NC1CC/C=C/CCC1.O=C1CC/C=C/C(O)CC1.O=C1CC/C=C/CCC1.O=C=O.O=C=O.OC1/C=C/C(O)CC(O)C(O)C1.OC1/C=C/C(O)CC(O)CC1.OC1/C=C/C(O)CC2OCOC2C1.OC1/C=C/CCC(O)CC1.OC1/C=C/CCCCC1.OC1CC/C=C/CCC1. The molecule has 21 N–H and O–H groups in total. The number of carbonyl (C=O) groups is 2. The van der Waals surface area contributed by atoms with Crippen LogP contribution in [0.3, 0.4) is 0 Å². The second kappa shape index (κ2) is 83.8. The summed E-state index contributed by atoms with van der Waals surface area (Å²) in [6.45, 7) is 0.273. The van der Waals surface area contributed by atoms with Gasteiger partial charge < -0.3 is 103 Å². The van der Waals surface area contributed by atoms with Crippen LogP contribution in [0.1, 0.15) is 321 Å². The molecule has 0 spiro atoms. The Morgan fingerprint density at radius 3 is 1.10 bits per heavy atom. The van der Waals surface area contributed by atoms with Gasteiger partial charge in [0.25, 0.3) is 0 Å². The van der Waals surface area contributed by atoms with Crippen LogP contribution in [-0.2, 0) is 38.2 Å². The highest BCUT2D eigenvalue weighted by Crippen LogP contribution is 2.26. The Balaban J connectivity index is 0.00000134. The van der Waals surface area contributed by atoms with Gasteiger partial charge >= 0.3 is 12.3 Å². The Kier molecular flexibility index (Phi) is 79.9. The van der Waals surface area contributed by atoms with Gasteiger partial charge in [-0.05, 0) is 231 Å². The van der Waals surface area contributed by atoms with E-state index in [0.29, 0.717) is 81.7 Å². The molecule has 0 saturated carbocycles. The maximum Gasteiger partial charge on any atom is 0.373 e. The second-order valence-corrected chi connectivity index (χ2v) is 33.8. The summed E-state index contributed by atoms with van der Waals surface area (Å²) >= 11 is 0. The third-order valence-corrected chi connectivity index (χ3v) is 22.0. The van der Waals surface area contributed by atoms with Gasteiger partial charge in [-0.3, -0.25) is 9.59 Å². The fourth-order valence-corrected chi connectivity index (χ4v) is 14.3. The zero-order valence-corrected chi connectivity index (χ0v) is 75.2. The zero-order chi connectivity index (χ0) is 92.6. The van der Waals surface area contributed by atoms with Crippen molar-refractivity contribution in [1.82, 2.24) is 0 Å². The average Bonchev–Trinajstić information content (AvgIpc) is 1.74. The lowest BCUT2D eigenvalue weighted by molar-refractivity contribution is -0.193. The van der Waals surface area contributed by atoms with Crippen LogP contribution in [0.2, 0.25) is 0 Å². The second-order valence-electron chi connectivity index (χ2n) is 33.8. The van der Waals surface area contributed by atoms with Crippen molar-refractivity contribution < 1.29 is 115 Å². The highest BCUT2D eigenvalue weighted by atomic mass is 16.7. The summed E-state index contributed by atoms with van der Waals surface area (Å²) in [6.07, 6.45) is 88.4. The van der Waals surface area contributed by atoms with Crippen LogP contribution in [0.4, 0.5) is 0 Å². The molecule has 0 aromatic rings. The molecule has 20 atom stereocenters. The van der Waals surface area contributed by atoms with E-state index in [4.69, 9.17) is 81.6 Å². The standard InChI is InChI=1S/C9H14O4.C8H15NO.2C8H15N.C8H14O4.C8H14O3.C8H14O2.C8H12O2.2C8H14O.C8H12O.C8H14.2CO2/c10-6-1-2-7(11)4-9-8(3-6)12-5-13-9;9-7-3-1-2-4-8(10)6-5-7;2*9-8-6-4-2-1-3-5-7-8;9-5-1-2-6(10)4-8(12)7(11)3-5;9-6-1-3-7(10)5-8(11)4-2-6;2*9-7-3-1-2-4-8(10)6-5-7;3*9-8-6-4-2-1-3-5-7-8;1-2-4-6-8-7-5-3-1;2*2-1-3/h1-2,6-11H,3-5H2;2,4,7-8,10H,1,3,5-6,9H2;2,4,8H,1,3,5-7,9H2;1-2,8H,3-7,9H2;1-2,5-12H,3-4H2;1,3,6-11H,2,4-5H2;1,3,7-10H,2,4-6H2;1,3,7,9H,2,4-6H2;4,6,8-9H,1-3,5,7H2;1-2,8-9H,3-7H2;1-2H,3-7H2;1-2H,3-8H2;;/b2-1+;2*4-2+;2*2-1+;3*3-1+;6-4+;3*2-1+;;. The average molecular weight is 1770 g/mol. The first-order chi connectivity index (χ1) is 60.2. The predicted molar refractivity (Wildman–Crippen MR) is 489 cm³/mol. The van der Waals surface area contributed by atoms with E-state index < -0.39 is 61.0 Å². The van der Waals surface area contributed by atoms with Gasteiger partial charge in [0.2, 0.25) is 0 Å². The molecule has 0 aromatic heterocycles. The van der Waals surface area contributed by atoms with Crippen LogP contribution in [0.15, 0.2) is 146 Å². The van der Waals surface area contributed by atoms with Crippen molar-refractivity contribution in [3.05, 3.63) is 146 Å². The number of rotatable bonds is 0. The number of Topliss-reactive ketones (excluding diaryl/α,β-unsaturated/α-hetero) is 2. The zero-order valence-electron chi connectivity index (χ0n) is 75.2. The van der Waals surface area contributed by atoms with Crippen molar-refractivity contribution in [3.63, 3.8) is 0 Å². The van der Waals surface area contributed by atoms with Gasteiger partial charge in [-0.25, -0.2) is 0 Å². The maximum atomic E-state index is 10.8. The quantitative estimate of drug-likeness (QED) is 0.100. The van der Waals surface area contributed by atoms with Crippen molar-refractivity contribution in [3.8, 4) is 0 Å². The topological polar surface area (TPSA) is 502 Å². The van der Waals surface area contributed by atoms with Gasteiger partial charge in [0, 0.05) is 75.9 Å². The monoisotopic (exact) mass is 1770 g/mol. The number of allylic oxidation sites excluding steroid dienone is 13. The number of ether oxygens (including phenoxy) is 2. The normalized spacial score (nSPS) is 34.8. The molecule has 26 heteroatoms. The van der Waals surface area contributed by atoms with Gasteiger partial charge in [-0.15, -0.1) is 0 Å². The van der Waals surface area contributed by atoms with Gasteiger partial charge in [-0.2, -0.15) is 19.2 Å². The van der Waals surface area contributed by atoms with Crippen molar-refractivity contribution in [2.75, 3.05) is 6.79 Å². The molecule has 0 amide bonds. The van der Waals surface area contributed by atoms with Crippen LogP contribution in [-0.4, -0.2) is 229 Å². The lowest BCUT2D eigenvalue weighted by Gasteiger charge is -2.23. The lowest BCUT2D eigenvalue weighted by atomic mass is 9.97. The predicted octanol–water partition coefficient (Wildman–Crippen LogP) is 12.3. The van der Waals surface area contributed by atoms with E-state index in [1.807, 2.05) is 36.5 Å². The van der Waals surface area contributed by atoms with E-state index in [9.17, 15) is 50.4 Å². The summed E-state index contributed by atoms with van der Waals surface area (Å²) in [7, 11) is 0. The minimum absolute atomic E-state index is 0.0325. The summed E-state index contributed by atoms with van der Waals surface area (Å²) in [5.41, 5.74) is 17.2. The summed E-state index contributed by atoms with van der Waals surface area (Å²) in [5.74, 6) is 0.697. The molecule has 1 fully saturated rings. The number of hydrogen-bond acceptors (Lipinski definition) is 26. The Hall–Kier alpha value is -5.82. The molecule has 13 rings (SSSR count). The molecule has 0 bridgehead atoms. The highest BCUT2D eigenvalue weighted by Gasteiger charge is 2.33. The Bertz CT molecular complexity index is 2920. The van der Waals surface area contributed by atoms with E-state index in [1.165, 1.54) is 134 Å². The summed E-state index contributed by atoms with van der Waals surface area (Å²) in [5, 5.41) is 138. The van der Waals surface area contributed by atoms with Crippen molar-refractivity contribution in [2.24, 2.45) is 17.2 Å². The minimum Gasteiger partial charge on any atom is -0.393 e. The Labute approximate surface area is 747 Å². The number of fused-ring (bicyclic) bond motifs is 1. The van der Waals surface area contributed by atoms with Gasteiger partial charge in [0.1, 0.15) is 18.4 Å². The molecule has 716 valence electrons. The largest absolute Gasteiger partial charge is 0.393 e. The van der Waals surface area contributed by atoms with E-state index in [1.54, 1.807) is 24.3 Å². The van der Waals surface area contributed by atoms with Gasteiger partial charge in [0.05, 0.1) is 104 Å². The molecule has 13 aliphatic rings. The molecule has 1 aliphatic heterocycles. The Morgan fingerprint density at radius 2 is 0.560 bits per heavy atom. The molecule has 1 saturated heterocycles. The van der Waals surface area contributed by atoms with E-state index >= 15 is 0 Å². The first-order valence-electron chi connectivity index (χ1n) is 46.9. The molecule has 20 unspecified atom stereocenters. The van der Waals surface area contributed by atoms with Crippen LogP contribution in [0.5, 0.6) is 0 Å². The number of ketones is 2. The molecular weight excluding hydrogens is 1600 g/mol. The Morgan fingerprint density at radius 1 is 0.240 bits per heavy atom. The molecule has 0 radical (unpaired) electrons. The third-order valence-electron chi connectivity index (χ3n) is 22.0. The summed E-state index contributed by atoms with van der Waals surface area (Å²) in [4.78, 5) is 54.1. The smallest absolute Gasteiger partial charge is 0.373 e. The van der Waals surface area contributed by atoms with Crippen LogP contribution in [0, 0.1) is 0 Å². The molecule has 26 nitrogen and oxygen atoms in total. The van der Waals surface area contributed by atoms with E-state index in [0.717, 1.165) is 135 Å². The number of aliphatic hydroxyl groups excluding tert-OH is 15. The first kappa shape index (κ1) is 119. The number of aliphatic hydroxyl groups is 15. The minimum atomic E-state index is -0.959. The van der Waals surface area contributed by atoms with Crippen LogP contribution < -0.4 is 17.2 Å². The molecule has 1 heterocycles. The fourth-order valence-electron chi connectivity index (χ4n) is 14.3. The van der Waals surface area contributed by atoms with Crippen LogP contribution >= 0.6 is 0 Å². The van der Waals surface area contributed by atoms with E-state index in [-0.39, 0.29) is 80.4 Å². The number of nitrogens with two attached hydrogens (primary N) is 3. The first-order valence-corrected chi connectivity index (χ1v) is 46.9. The van der Waals surface area contributed by atoms with Crippen molar-refractivity contribution in [1.29, 1.82) is 0 Å². The highest BCUT2D eigenvalue weighted by molar-refractivity contribution is 5.79. The number of hydrogen-bond donors (Lipinski definition) is 18. The molecule has 0 aromatic carbocycles. The lowest BCUT2D eigenvalue weighted by Crippen LogP contribution is -2.34. The fraction of sp³-hybridized carbons (Fsp3) is 0.717. The molecular formula is C99H167N3O23. The van der Waals surface area contributed by atoms with E-state index in [2.05, 4.69) is 66.8 Å². The van der Waals surface area contributed by atoms with Crippen molar-refractivity contribution in [2.45, 2.75) is 443 Å². The maximum absolute atomic E-state index is 10.8. The van der Waals surface area contributed by atoms with Gasteiger partial charge in [0.15, 0.2) is 0 Å². The van der Waals surface area contributed by atoms with Crippen molar-refractivity contribution >= 4 is 23.9 Å². The number of carbonyl (C=O) groups excluding carboxylic acids is 6.